The molecule has 8 heteroatoms. The van der Waals surface area contributed by atoms with Gasteiger partial charge in [-0.15, -0.1) is 0 Å². The Bertz CT molecular complexity index is 1010. The van der Waals surface area contributed by atoms with Crippen LogP contribution in [0, 0.1) is 0 Å². The Balaban J connectivity index is 1.76. The number of morpholine rings is 1. The Morgan fingerprint density at radius 1 is 0.966 bits per heavy atom. The van der Waals surface area contributed by atoms with Crippen LogP contribution in [0.15, 0.2) is 48.5 Å². The molecule has 3 aromatic rings. The molecule has 29 heavy (non-hydrogen) atoms. The topological polar surface area (TPSA) is 59.4 Å². The number of carbonyl (C=O) groups excluding carboxylic acids is 1. The zero-order valence-corrected chi connectivity index (χ0v) is 17.4. The average molecular weight is 431 g/mol. The maximum atomic E-state index is 13.0. The maximum Gasteiger partial charge on any atom is 0.301 e. The predicted octanol–water partition coefficient (Wildman–Crippen LogP) is 4.04. The quantitative estimate of drug-likeness (QED) is 0.678. The van der Waals surface area contributed by atoms with Crippen LogP contribution in [0.4, 0.5) is 0 Å². The molecule has 2 aromatic carbocycles. The number of hydrazine groups is 1. The van der Waals surface area contributed by atoms with Crippen LogP contribution in [0.5, 0.6) is 0 Å². The van der Waals surface area contributed by atoms with Crippen LogP contribution >= 0.6 is 23.2 Å². The zero-order valence-electron chi connectivity index (χ0n) is 15.9. The molecule has 1 saturated heterocycles. The molecule has 1 N–H and O–H groups in total. The number of halogens is 2. The van der Waals surface area contributed by atoms with Gasteiger partial charge in [-0.05, 0) is 24.3 Å². The lowest BCUT2D eigenvalue weighted by Gasteiger charge is -2.26. The molecule has 1 amide bonds. The number of nitrogens with one attached hydrogen (secondary N) is 1. The van der Waals surface area contributed by atoms with E-state index in [0.717, 1.165) is 16.8 Å². The van der Waals surface area contributed by atoms with Crippen LogP contribution in [0.3, 0.4) is 0 Å². The van der Waals surface area contributed by atoms with Gasteiger partial charge in [-0.3, -0.25) is 10.2 Å². The molecule has 150 valence electrons. The molecule has 1 aromatic heterocycles. The largest absolute Gasteiger partial charge is 0.379 e. The monoisotopic (exact) mass is 430 g/mol. The summed E-state index contributed by atoms with van der Waals surface area (Å²) in [7, 11) is 1.84. The molecule has 0 spiro atoms. The van der Waals surface area contributed by atoms with Crippen LogP contribution < -0.4 is 5.43 Å². The minimum atomic E-state index is -0.259. The molecule has 6 nitrogen and oxygen atoms in total. The lowest BCUT2D eigenvalue weighted by Crippen LogP contribution is -2.48. The molecule has 0 radical (unpaired) electrons. The third-order valence-electron chi connectivity index (χ3n) is 4.80. The van der Waals surface area contributed by atoms with Gasteiger partial charge in [0.25, 0.3) is 0 Å². The normalized spacial score (nSPS) is 14.7. The molecule has 0 saturated carbocycles. The van der Waals surface area contributed by atoms with Crippen molar-refractivity contribution in [1.82, 2.24) is 20.0 Å². The summed E-state index contributed by atoms with van der Waals surface area (Å²) >= 11 is 12.1. The van der Waals surface area contributed by atoms with Gasteiger partial charge in [-0.1, -0.05) is 47.5 Å². The second kappa shape index (κ2) is 8.55. The Labute approximate surface area is 179 Å². The predicted molar refractivity (Wildman–Crippen MR) is 114 cm³/mol. The second-order valence-corrected chi connectivity index (χ2v) is 7.62. The Morgan fingerprint density at radius 2 is 1.52 bits per heavy atom. The van der Waals surface area contributed by atoms with Crippen molar-refractivity contribution in [3.8, 4) is 22.5 Å². The van der Waals surface area contributed by atoms with Crippen molar-refractivity contribution in [3.05, 3.63) is 64.4 Å². The third kappa shape index (κ3) is 4.31. The number of hydrogen-bond acceptors (Lipinski definition) is 4. The highest BCUT2D eigenvalue weighted by Crippen LogP contribution is 2.33. The summed E-state index contributed by atoms with van der Waals surface area (Å²) in [5.74, 6) is 0.0659. The number of carbonyl (C=O) groups is 1. The summed E-state index contributed by atoms with van der Waals surface area (Å²) in [5, 5.41) is 3.14. The van der Waals surface area contributed by atoms with Crippen molar-refractivity contribution in [1.29, 1.82) is 0 Å². The van der Waals surface area contributed by atoms with Crippen molar-refractivity contribution in [2.75, 3.05) is 26.3 Å². The molecule has 1 aliphatic heterocycles. The van der Waals surface area contributed by atoms with E-state index in [9.17, 15) is 4.79 Å². The van der Waals surface area contributed by atoms with E-state index in [4.69, 9.17) is 32.9 Å². The van der Waals surface area contributed by atoms with Gasteiger partial charge in [0.15, 0.2) is 0 Å². The third-order valence-corrected chi connectivity index (χ3v) is 5.31. The van der Waals surface area contributed by atoms with E-state index < -0.39 is 0 Å². The summed E-state index contributed by atoms with van der Waals surface area (Å²) in [4.78, 5) is 17.6. The van der Waals surface area contributed by atoms with Crippen LogP contribution in [-0.4, -0.2) is 46.8 Å². The number of hydrogen-bond donors (Lipinski definition) is 1. The van der Waals surface area contributed by atoms with Crippen molar-refractivity contribution < 1.29 is 9.53 Å². The molecule has 0 unspecified atom stereocenters. The first kappa shape index (κ1) is 19.9. The highest BCUT2D eigenvalue weighted by atomic mass is 35.5. The van der Waals surface area contributed by atoms with E-state index in [0.29, 0.717) is 47.9 Å². The first-order valence-corrected chi connectivity index (χ1v) is 10.0. The Kier molecular flexibility index (Phi) is 5.87. The van der Waals surface area contributed by atoms with Gasteiger partial charge in [-0.2, -0.15) is 0 Å². The molecule has 0 aliphatic carbocycles. The fraction of sp³-hybridized carbons (Fsp3) is 0.238. The summed E-state index contributed by atoms with van der Waals surface area (Å²) < 4.78 is 7.14. The Hall–Kier alpha value is -2.38. The molecular weight excluding hydrogens is 411 g/mol. The molecular formula is C21H20Cl2N4O2. The van der Waals surface area contributed by atoms with Crippen LogP contribution in [0.2, 0.25) is 10.0 Å². The summed E-state index contributed by atoms with van der Waals surface area (Å²) in [6.07, 6.45) is 0. The van der Waals surface area contributed by atoms with Crippen LogP contribution in [0.25, 0.3) is 22.5 Å². The second-order valence-electron chi connectivity index (χ2n) is 6.75. The lowest BCUT2D eigenvalue weighted by atomic mass is 10.0. The summed E-state index contributed by atoms with van der Waals surface area (Å²) in [6, 6.07) is 14.9. The van der Waals surface area contributed by atoms with E-state index in [2.05, 4.69) is 5.43 Å². The number of amides is 1. The fourth-order valence-corrected chi connectivity index (χ4v) is 3.57. The summed E-state index contributed by atoms with van der Waals surface area (Å²) in [6.45, 7) is 2.47. The van der Waals surface area contributed by atoms with E-state index >= 15 is 0 Å². The molecule has 0 bridgehead atoms. The Morgan fingerprint density at radius 3 is 2.10 bits per heavy atom. The molecule has 1 aliphatic rings. The average Bonchev–Trinajstić information content (AvgIpc) is 3.07. The summed E-state index contributed by atoms with van der Waals surface area (Å²) in [5.41, 5.74) is 6.26. The molecule has 0 atom stereocenters. The van der Waals surface area contributed by atoms with Crippen molar-refractivity contribution in [2.24, 2.45) is 7.05 Å². The fourth-order valence-electron chi connectivity index (χ4n) is 3.32. The number of benzene rings is 2. The molecule has 1 fully saturated rings. The van der Waals surface area contributed by atoms with Gasteiger partial charge < -0.3 is 9.30 Å². The van der Waals surface area contributed by atoms with E-state index in [1.54, 1.807) is 0 Å². The van der Waals surface area contributed by atoms with Gasteiger partial charge in [0.05, 0.1) is 24.6 Å². The van der Waals surface area contributed by atoms with Crippen LogP contribution in [0.1, 0.15) is 10.6 Å². The standard InChI is InChI=1S/C21H20Cl2N4O2/c1-26-19(15-4-8-17(23)9-5-15)18(14-2-6-16(22)7-3-14)24-20(26)21(28)25-27-10-12-29-13-11-27/h2-9H,10-13H2,1H3,(H,25,28). The first-order valence-electron chi connectivity index (χ1n) is 9.25. The number of rotatable bonds is 4. The van der Waals surface area contributed by atoms with Gasteiger partial charge in [-0.25, -0.2) is 9.99 Å². The number of aromatic nitrogens is 2. The highest BCUT2D eigenvalue weighted by Gasteiger charge is 2.24. The van der Waals surface area contributed by atoms with E-state index in [-0.39, 0.29) is 5.91 Å². The van der Waals surface area contributed by atoms with E-state index in [1.165, 1.54) is 0 Å². The van der Waals surface area contributed by atoms with Crippen molar-refractivity contribution in [2.45, 2.75) is 0 Å². The minimum Gasteiger partial charge on any atom is -0.379 e. The SMILES string of the molecule is Cn1c(C(=O)NN2CCOCC2)nc(-c2ccc(Cl)cc2)c1-c1ccc(Cl)cc1. The van der Waals surface area contributed by atoms with Crippen molar-refractivity contribution >= 4 is 29.1 Å². The maximum absolute atomic E-state index is 13.0. The van der Waals surface area contributed by atoms with Gasteiger partial charge >= 0.3 is 5.91 Å². The van der Waals surface area contributed by atoms with Gasteiger partial charge in [0.2, 0.25) is 5.82 Å². The zero-order chi connectivity index (χ0) is 20.4. The highest BCUT2D eigenvalue weighted by molar-refractivity contribution is 6.31. The van der Waals surface area contributed by atoms with Crippen LogP contribution in [-0.2, 0) is 11.8 Å². The van der Waals surface area contributed by atoms with Gasteiger partial charge in [0, 0.05) is 41.3 Å². The number of imidazole rings is 1. The number of nitrogens with zero attached hydrogens (tertiary/aromatic N) is 3. The minimum absolute atomic E-state index is 0.259. The van der Waals surface area contributed by atoms with E-state index in [1.807, 2.05) is 65.2 Å². The smallest absolute Gasteiger partial charge is 0.301 e. The van der Waals surface area contributed by atoms with Crippen molar-refractivity contribution in [3.63, 3.8) is 0 Å². The molecule has 2 heterocycles. The first-order chi connectivity index (χ1) is 14.0. The lowest BCUT2D eigenvalue weighted by molar-refractivity contribution is 0.0122. The van der Waals surface area contributed by atoms with Gasteiger partial charge in [0.1, 0.15) is 0 Å². The molecule has 4 rings (SSSR count). The number of ether oxygens (including phenoxy) is 1.